The lowest BCUT2D eigenvalue weighted by Crippen LogP contribution is -2.36. The molecule has 32 heavy (non-hydrogen) atoms. The van der Waals surface area contributed by atoms with Crippen LogP contribution in [0.15, 0.2) is 41.1 Å². The summed E-state index contributed by atoms with van der Waals surface area (Å²) in [6.07, 6.45) is 18.6. The van der Waals surface area contributed by atoms with Crippen LogP contribution in [-0.2, 0) is 19.5 Å². The number of benzene rings is 1. The second kappa shape index (κ2) is 11.5. The van der Waals surface area contributed by atoms with Crippen molar-refractivity contribution in [2.24, 2.45) is 11.7 Å². The van der Waals surface area contributed by atoms with E-state index in [0.29, 0.717) is 6.54 Å². The molecule has 2 aliphatic carbocycles. The summed E-state index contributed by atoms with van der Waals surface area (Å²) in [5.41, 5.74) is 15.0. The predicted octanol–water partition coefficient (Wildman–Crippen LogP) is 6.88. The average molecular weight is 436 g/mol. The topological polar surface area (TPSA) is 32.5 Å². The molecule has 0 amide bonds. The van der Waals surface area contributed by atoms with Crippen molar-refractivity contribution in [1.82, 2.24) is 10.0 Å². The van der Waals surface area contributed by atoms with Crippen LogP contribution in [0.5, 0.6) is 0 Å². The van der Waals surface area contributed by atoms with Crippen LogP contribution in [0.4, 0.5) is 0 Å². The molecule has 176 valence electrons. The fourth-order valence-corrected chi connectivity index (χ4v) is 5.84. The second-order valence-corrected chi connectivity index (χ2v) is 10.2. The first kappa shape index (κ1) is 23.6. The maximum atomic E-state index is 5.88. The predicted molar refractivity (Wildman–Crippen MR) is 136 cm³/mol. The maximum absolute atomic E-state index is 5.88. The van der Waals surface area contributed by atoms with E-state index in [1.807, 2.05) is 0 Å². The summed E-state index contributed by atoms with van der Waals surface area (Å²) in [6.45, 7) is 8.60. The van der Waals surface area contributed by atoms with E-state index in [1.54, 1.807) is 16.8 Å². The van der Waals surface area contributed by atoms with Crippen molar-refractivity contribution in [1.29, 1.82) is 0 Å². The van der Waals surface area contributed by atoms with Gasteiger partial charge in [0.25, 0.3) is 0 Å². The van der Waals surface area contributed by atoms with Crippen molar-refractivity contribution in [3.63, 3.8) is 0 Å². The van der Waals surface area contributed by atoms with Gasteiger partial charge in [-0.05, 0) is 79.2 Å². The third kappa shape index (κ3) is 5.66. The molecule has 1 saturated heterocycles. The number of nitrogens with zero attached hydrogens (tertiary/aromatic N) is 2. The minimum absolute atomic E-state index is 0.630. The molecule has 2 N–H and O–H groups in total. The first-order valence-corrected chi connectivity index (χ1v) is 13.5. The smallest absolute Gasteiger partial charge is 0.0434 e. The zero-order valence-electron chi connectivity index (χ0n) is 20.7. The molecule has 1 aromatic rings. The van der Waals surface area contributed by atoms with Gasteiger partial charge in [-0.3, -0.25) is 0 Å². The van der Waals surface area contributed by atoms with Crippen molar-refractivity contribution in [2.45, 2.75) is 104 Å². The molecule has 0 spiro atoms. The number of nitrogens with two attached hydrogens (primary N) is 1. The molecule has 0 unspecified atom stereocenters. The fraction of sp³-hybridized carbons (Fsp3) is 0.655. The monoisotopic (exact) mass is 435 g/mol. The summed E-state index contributed by atoms with van der Waals surface area (Å²) >= 11 is 0. The van der Waals surface area contributed by atoms with Gasteiger partial charge in [-0.2, -0.15) is 0 Å². The molecule has 1 saturated carbocycles. The average Bonchev–Trinajstić information content (AvgIpc) is 3.26. The Morgan fingerprint density at radius 2 is 1.84 bits per heavy atom. The molecule has 1 heterocycles. The number of allylic oxidation sites excluding steroid dienone is 4. The van der Waals surface area contributed by atoms with Gasteiger partial charge >= 0.3 is 0 Å². The maximum Gasteiger partial charge on any atom is 0.0434 e. The Kier molecular flexibility index (Phi) is 8.49. The molecule has 0 aromatic heterocycles. The molecule has 0 radical (unpaired) electrons. The third-order valence-corrected chi connectivity index (χ3v) is 8.14. The van der Waals surface area contributed by atoms with Gasteiger partial charge in [0.05, 0.1) is 0 Å². The molecule has 3 aliphatic rings. The van der Waals surface area contributed by atoms with Crippen LogP contribution in [0.1, 0.15) is 101 Å². The van der Waals surface area contributed by atoms with Gasteiger partial charge in [-0.15, -0.1) is 0 Å². The lowest BCUT2D eigenvalue weighted by atomic mass is 9.81. The summed E-state index contributed by atoms with van der Waals surface area (Å²) in [4.78, 5) is 0. The molecule has 0 bridgehead atoms. The molecule has 2 fully saturated rings. The molecule has 1 aliphatic heterocycles. The molecule has 3 heteroatoms. The van der Waals surface area contributed by atoms with Crippen molar-refractivity contribution < 1.29 is 0 Å². The number of rotatable bonds is 11. The first-order chi connectivity index (χ1) is 15.7. The van der Waals surface area contributed by atoms with Crippen molar-refractivity contribution in [3.05, 3.63) is 57.8 Å². The van der Waals surface area contributed by atoms with E-state index >= 15 is 0 Å². The van der Waals surface area contributed by atoms with Crippen LogP contribution in [0.25, 0.3) is 0 Å². The molecule has 4 rings (SSSR count). The minimum Gasteiger partial charge on any atom is -0.326 e. The number of aryl methyl sites for hydroxylation is 1. The summed E-state index contributed by atoms with van der Waals surface area (Å²) in [7, 11) is 0. The molecular weight excluding hydrogens is 390 g/mol. The van der Waals surface area contributed by atoms with Crippen LogP contribution in [0, 0.1) is 5.92 Å². The highest BCUT2D eigenvalue weighted by Crippen LogP contribution is 2.35. The quantitative estimate of drug-likeness (QED) is 0.385. The van der Waals surface area contributed by atoms with E-state index in [1.165, 1.54) is 100 Å². The zero-order valence-corrected chi connectivity index (χ0v) is 20.7. The highest BCUT2D eigenvalue weighted by molar-refractivity contribution is 5.34. The van der Waals surface area contributed by atoms with Gasteiger partial charge in [0.2, 0.25) is 0 Å². The molecular formula is C29H45N3. The van der Waals surface area contributed by atoms with E-state index in [4.69, 9.17) is 5.73 Å². The lowest BCUT2D eigenvalue weighted by molar-refractivity contribution is 0.0512. The third-order valence-electron chi connectivity index (χ3n) is 8.14. The van der Waals surface area contributed by atoms with Gasteiger partial charge in [0.15, 0.2) is 0 Å². The summed E-state index contributed by atoms with van der Waals surface area (Å²) in [5, 5.41) is 5.23. The van der Waals surface area contributed by atoms with E-state index in [-0.39, 0.29) is 0 Å². The van der Waals surface area contributed by atoms with E-state index in [9.17, 15) is 0 Å². The van der Waals surface area contributed by atoms with Gasteiger partial charge < -0.3 is 10.7 Å². The van der Waals surface area contributed by atoms with Crippen LogP contribution in [-0.4, -0.2) is 23.1 Å². The number of hydrazine groups is 1. The van der Waals surface area contributed by atoms with Crippen LogP contribution in [0.3, 0.4) is 0 Å². The largest absolute Gasteiger partial charge is 0.326 e. The van der Waals surface area contributed by atoms with Crippen molar-refractivity contribution >= 4 is 0 Å². The number of unbranched alkanes of at least 4 members (excludes halogenated alkanes) is 1. The molecule has 3 nitrogen and oxygen atoms in total. The van der Waals surface area contributed by atoms with Gasteiger partial charge in [-0.25, -0.2) is 5.01 Å². The van der Waals surface area contributed by atoms with Crippen LogP contribution >= 0.6 is 0 Å². The highest BCUT2D eigenvalue weighted by Gasteiger charge is 2.26. The lowest BCUT2D eigenvalue weighted by Gasteiger charge is -2.35. The minimum atomic E-state index is 0.630. The molecule has 0 atom stereocenters. The standard InChI is InChI=1S/C29H45N3/c1-3-25-15-16-29(20-27(25)12-6-5-9-23-10-7-11-23)32-18-8-17-31(32)22-28-14-13-24(21-30)19-26(28)4-2/h13-14,19-20,23H,3-12,15-18,21-22,30H2,1-2H3. The Balaban J connectivity index is 1.41. The number of hydrogen-bond donors (Lipinski definition) is 1. The summed E-state index contributed by atoms with van der Waals surface area (Å²) < 4.78 is 0. The Bertz CT molecular complexity index is 818. The van der Waals surface area contributed by atoms with Gasteiger partial charge in [0.1, 0.15) is 0 Å². The summed E-state index contributed by atoms with van der Waals surface area (Å²) in [6, 6.07) is 6.84. The van der Waals surface area contributed by atoms with Gasteiger partial charge in [-0.1, -0.05) is 69.7 Å². The number of hydrogen-bond acceptors (Lipinski definition) is 3. The van der Waals surface area contributed by atoms with Crippen LogP contribution in [0.2, 0.25) is 0 Å². The second-order valence-electron chi connectivity index (χ2n) is 10.2. The normalized spacial score (nSPS) is 20.1. The van der Waals surface area contributed by atoms with E-state index in [0.717, 1.165) is 18.9 Å². The van der Waals surface area contributed by atoms with Crippen molar-refractivity contribution in [2.75, 3.05) is 13.1 Å². The van der Waals surface area contributed by atoms with Crippen molar-refractivity contribution in [3.8, 4) is 0 Å². The Hall–Kier alpha value is -1.58. The fourth-order valence-electron chi connectivity index (χ4n) is 5.84. The Labute approximate surface area is 196 Å². The summed E-state index contributed by atoms with van der Waals surface area (Å²) in [5.74, 6) is 1.05. The van der Waals surface area contributed by atoms with Gasteiger partial charge in [0, 0.05) is 31.9 Å². The SMILES string of the molecule is CCC1=C(CCCCC2CCC2)C=C(N2CCCN2Cc2ccc(CN)cc2CC)CC1. The first-order valence-electron chi connectivity index (χ1n) is 13.5. The molecule has 1 aromatic carbocycles. The van der Waals surface area contributed by atoms with E-state index in [2.05, 4.69) is 48.1 Å². The highest BCUT2D eigenvalue weighted by atomic mass is 15.6. The zero-order chi connectivity index (χ0) is 22.3. The van der Waals surface area contributed by atoms with E-state index < -0.39 is 0 Å². The Morgan fingerprint density at radius 3 is 2.56 bits per heavy atom. The van der Waals surface area contributed by atoms with Crippen LogP contribution < -0.4 is 5.73 Å². The Morgan fingerprint density at radius 1 is 0.969 bits per heavy atom.